The van der Waals surface area contributed by atoms with Gasteiger partial charge in [0.25, 0.3) is 0 Å². The average molecular weight is 385 g/mol. The SMILES string of the molecule is CCOC(=O)C(C(=O)OCC)[C@H](C=O)C1CCN(C(=O)OC(C)(C)C)CC1. The van der Waals surface area contributed by atoms with Crippen LogP contribution in [-0.2, 0) is 28.6 Å². The normalized spacial score (nSPS) is 16.6. The molecule has 0 unspecified atom stereocenters. The molecule has 0 saturated carbocycles. The Hall–Kier alpha value is -2.12. The number of carbonyl (C=O) groups excluding carboxylic acids is 4. The number of likely N-dealkylation sites (tertiary alicyclic amines) is 1. The largest absolute Gasteiger partial charge is 0.465 e. The van der Waals surface area contributed by atoms with Crippen molar-refractivity contribution in [3.63, 3.8) is 0 Å². The Labute approximate surface area is 160 Å². The van der Waals surface area contributed by atoms with Crippen molar-refractivity contribution in [2.75, 3.05) is 26.3 Å². The minimum Gasteiger partial charge on any atom is -0.465 e. The van der Waals surface area contributed by atoms with Gasteiger partial charge in [-0.05, 0) is 53.4 Å². The Kier molecular flexibility index (Phi) is 8.72. The van der Waals surface area contributed by atoms with Gasteiger partial charge < -0.3 is 23.9 Å². The summed E-state index contributed by atoms with van der Waals surface area (Å²) in [5.41, 5.74) is -0.585. The van der Waals surface area contributed by atoms with Crippen molar-refractivity contribution < 1.29 is 33.4 Å². The minimum atomic E-state index is -1.28. The predicted molar refractivity (Wildman–Crippen MR) is 96.8 cm³/mol. The van der Waals surface area contributed by atoms with E-state index in [1.165, 1.54) is 0 Å². The lowest BCUT2D eigenvalue weighted by molar-refractivity contribution is -0.167. The maximum atomic E-state index is 12.3. The van der Waals surface area contributed by atoms with E-state index in [9.17, 15) is 19.2 Å². The van der Waals surface area contributed by atoms with Crippen molar-refractivity contribution in [1.82, 2.24) is 4.90 Å². The number of hydrogen-bond donors (Lipinski definition) is 0. The van der Waals surface area contributed by atoms with Crippen LogP contribution in [-0.4, -0.2) is 61.1 Å². The van der Waals surface area contributed by atoms with E-state index in [4.69, 9.17) is 14.2 Å². The maximum Gasteiger partial charge on any atom is 0.410 e. The van der Waals surface area contributed by atoms with Crippen molar-refractivity contribution in [3.05, 3.63) is 0 Å². The first-order valence-electron chi connectivity index (χ1n) is 9.41. The van der Waals surface area contributed by atoms with E-state index in [-0.39, 0.29) is 19.1 Å². The molecule has 0 aliphatic carbocycles. The van der Waals surface area contributed by atoms with E-state index >= 15 is 0 Å². The molecule has 27 heavy (non-hydrogen) atoms. The highest BCUT2D eigenvalue weighted by Crippen LogP contribution is 2.31. The number of carbonyl (C=O) groups is 4. The second-order valence-corrected chi connectivity index (χ2v) is 7.50. The summed E-state index contributed by atoms with van der Waals surface area (Å²) >= 11 is 0. The van der Waals surface area contributed by atoms with Crippen LogP contribution >= 0.6 is 0 Å². The van der Waals surface area contributed by atoms with Crippen LogP contribution in [0.4, 0.5) is 4.79 Å². The Morgan fingerprint density at radius 1 is 1.04 bits per heavy atom. The molecule has 0 aromatic rings. The smallest absolute Gasteiger partial charge is 0.410 e. The van der Waals surface area contributed by atoms with Gasteiger partial charge in [-0.3, -0.25) is 9.59 Å². The summed E-state index contributed by atoms with van der Waals surface area (Å²) < 4.78 is 15.3. The molecular formula is C19H31NO7. The number of amides is 1. The Morgan fingerprint density at radius 3 is 1.89 bits per heavy atom. The van der Waals surface area contributed by atoms with Gasteiger partial charge >= 0.3 is 18.0 Å². The Morgan fingerprint density at radius 2 is 1.52 bits per heavy atom. The molecule has 0 radical (unpaired) electrons. The van der Waals surface area contributed by atoms with Crippen LogP contribution in [0, 0.1) is 17.8 Å². The van der Waals surface area contributed by atoms with Gasteiger partial charge in [0, 0.05) is 19.0 Å². The second-order valence-electron chi connectivity index (χ2n) is 7.50. The Bertz CT molecular complexity index is 515. The summed E-state index contributed by atoms with van der Waals surface area (Å²) in [6.07, 6.45) is 1.19. The molecule has 0 aromatic heterocycles. The molecule has 0 bridgehead atoms. The lowest BCUT2D eigenvalue weighted by Gasteiger charge is -2.36. The first-order chi connectivity index (χ1) is 12.6. The summed E-state index contributed by atoms with van der Waals surface area (Å²) in [4.78, 5) is 50.0. The quantitative estimate of drug-likeness (QED) is 0.287. The molecule has 0 aromatic carbocycles. The molecule has 1 saturated heterocycles. The molecule has 1 atom stereocenters. The van der Waals surface area contributed by atoms with E-state index in [1.54, 1.807) is 39.5 Å². The van der Waals surface area contributed by atoms with E-state index in [2.05, 4.69) is 0 Å². The molecule has 8 heteroatoms. The molecule has 1 amide bonds. The van der Waals surface area contributed by atoms with Crippen LogP contribution in [0.25, 0.3) is 0 Å². The van der Waals surface area contributed by atoms with Gasteiger partial charge in [0.2, 0.25) is 0 Å². The zero-order chi connectivity index (χ0) is 20.6. The lowest BCUT2D eigenvalue weighted by atomic mass is 9.77. The van der Waals surface area contributed by atoms with Crippen molar-refractivity contribution in [2.45, 2.75) is 53.1 Å². The van der Waals surface area contributed by atoms with Crippen molar-refractivity contribution in [1.29, 1.82) is 0 Å². The minimum absolute atomic E-state index is 0.109. The molecule has 1 fully saturated rings. The zero-order valence-corrected chi connectivity index (χ0v) is 16.9. The molecule has 1 aliphatic heterocycles. The highest BCUT2D eigenvalue weighted by atomic mass is 16.6. The van der Waals surface area contributed by atoms with Crippen molar-refractivity contribution in [3.8, 4) is 0 Å². The van der Waals surface area contributed by atoms with Gasteiger partial charge in [-0.15, -0.1) is 0 Å². The molecule has 0 N–H and O–H groups in total. The molecule has 8 nitrogen and oxygen atoms in total. The lowest BCUT2D eigenvalue weighted by Crippen LogP contribution is -2.46. The number of hydrogen-bond acceptors (Lipinski definition) is 7. The molecule has 0 spiro atoms. The average Bonchev–Trinajstić information content (AvgIpc) is 2.58. The number of nitrogens with zero attached hydrogens (tertiary/aromatic N) is 1. The van der Waals surface area contributed by atoms with Crippen LogP contribution < -0.4 is 0 Å². The van der Waals surface area contributed by atoms with Crippen LogP contribution in [0.2, 0.25) is 0 Å². The first-order valence-corrected chi connectivity index (χ1v) is 9.41. The monoisotopic (exact) mass is 385 g/mol. The van der Waals surface area contributed by atoms with Crippen molar-refractivity contribution >= 4 is 24.3 Å². The fourth-order valence-corrected chi connectivity index (χ4v) is 3.13. The van der Waals surface area contributed by atoms with Gasteiger partial charge in [-0.2, -0.15) is 0 Å². The third-order valence-electron chi connectivity index (χ3n) is 4.36. The summed E-state index contributed by atoms with van der Waals surface area (Å²) in [5.74, 6) is -3.84. The third kappa shape index (κ3) is 6.84. The van der Waals surface area contributed by atoms with Crippen LogP contribution in [0.15, 0.2) is 0 Å². The zero-order valence-electron chi connectivity index (χ0n) is 16.9. The highest BCUT2D eigenvalue weighted by Gasteiger charge is 2.43. The summed E-state index contributed by atoms with van der Waals surface area (Å²) in [6, 6.07) is 0. The van der Waals surface area contributed by atoms with Gasteiger partial charge in [0.1, 0.15) is 11.9 Å². The molecule has 1 heterocycles. The first kappa shape index (κ1) is 22.9. The molecule has 1 rings (SSSR count). The van der Waals surface area contributed by atoms with Gasteiger partial charge in [0.15, 0.2) is 5.92 Å². The number of piperidine rings is 1. The summed E-state index contributed by atoms with van der Waals surface area (Å²) in [7, 11) is 0. The van der Waals surface area contributed by atoms with E-state index in [1.807, 2.05) is 0 Å². The van der Waals surface area contributed by atoms with Crippen LogP contribution in [0.3, 0.4) is 0 Å². The van der Waals surface area contributed by atoms with Gasteiger partial charge in [-0.25, -0.2) is 4.79 Å². The predicted octanol–water partition coefficient (Wildman–Crippen LogP) is 2.19. The standard InChI is InChI=1S/C19H31NO7/c1-6-25-16(22)15(17(23)26-7-2)14(12-21)13-8-10-20(11-9-13)18(24)27-19(3,4)5/h12-15H,6-11H2,1-5H3/t14-/m1/s1. The molecule has 1 aliphatic rings. The maximum absolute atomic E-state index is 12.3. The van der Waals surface area contributed by atoms with Crippen LogP contribution in [0.1, 0.15) is 47.5 Å². The number of rotatable bonds is 7. The fraction of sp³-hybridized carbons (Fsp3) is 0.789. The van der Waals surface area contributed by atoms with Gasteiger partial charge in [-0.1, -0.05) is 0 Å². The van der Waals surface area contributed by atoms with E-state index in [0.29, 0.717) is 32.2 Å². The highest BCUT2D eigenvalue weighted by molar-refractivity contribution is 5.97. The van der Waals surface area contributed by atoms with Gasteiger partial charge in [0.05, 0.1) is 13.2 Å². The van der Waals surface area contributed by atoms with Crippen molar-refractivity contribution in [2.24, 2.45) is 17.8 Å². The number of esters is 2. The van der Waals surface area contributed by atoms with Crippen LogP contribution in [0.5, 0.6) is 0 Å². The second kappa shape index (κ2) is 10.3. The van der Waals surface area contributed by atoms with E-state index < -0.39 is 35.5 Å². The third-order valence-corrected chi connectivity index (χ3v) is 4.36. The number of aldehydes is 1. The van der Waals surface area contributed by atoms with E-state index in [0.717, 1.165) is 0 Å². The summed E-state index contributed by atoms with van der Waals surface area (Å²) in [6.45, 7) is 9.65. The topological polar surface area (TPSA) is 99.2 Å². The number of ether oxygens (including phenoxy) is 3. The molecular weight excluding hydrogens is 354 g/mol. The molecule has 154 valence electrons. The summed E-state index contributed by atoms with van der Waals surface area (Å²) in [5, 5.41) is 0. The fourth-order valence-electron chi connectivity index (χ4n) is 3.13. The Balaban J connectivity index is 2.82.